The van der Waals surface area contributed by atoms with Crippen LogP contribution in [0.3, 0.4) is 0 Å². The summed E-state index contributed by atoms with van der Waals surface area (Å²) in [7, 11) is 2.84. The number of hydrogen-bond acceptors (Lipinski definition) is 4. The van der Waals surface area contributed by atoms with Crippen LogP contribution in [-0.4, -0.2) is 38.7 Å². The molecule has 0 aliphatic rings. The maximum Gasteiger partial charge on any atom is 0.328 e. The van der Waals surface area contributed by atoms with Crippen molar-refractivity contribution in [3.63, 3.8) is 0 Å². The maximum absolute atomic E-state index is 12.3. The van der Waals surface area contributed by atoms with Crippen molar-refractivity contribution < 1.29 is 19.1 Å². The quantitative estimate of drug-likeness (QED) is 0.830. The van der Waals surface area contributed by atoms with E-state index in [0.717, 1.165) is 10.8 Å². The molecule has 0 bridgehead atoms. The van der Waals surface area contributed by atoms with Gasteiger partial charge in [0.2, 0.25) is 0 Å². The molecule has 0 unspecified atom stereocenters. The van der Waals surface area contributed by atoms with Gasteiger partial charge < -0.3 is 14.8 Å². The van der Waals surface area contributed by atoms with Crippen LogP contribution in [0.4, 0.5) is 0 Å². The lowest BCUT2D eigenvalue weighted by atomic mass is 10.1. The van der Waals surface area contributed by atoms with Crippen molar-refractivity contribution in [3.8, 4) is 0 Å². The number of nitrogens with one attached hydrogen (secondary N) is 1. The second kappa shape index (κ2) is 7.56. The maximum atomic E-state index is 12.3. The van der Waals surface area contributed by atoms with Crippen molar-refractivity contribution in [2.45, 2.75) is 12.5 Å². The summed E-state index contributed by atoms with van der Waals surface area (Å²) in [5.74, 6) is -0.788. The van der Waals surface area contributed by atoms with Crippen molar-refractivity contribution >= 4 is 22.6 Å². The van der Waals surface area contributed by atoms with E-state index >= 15 is 0 Å². The van der Waals surface area contributed by atoms with E-state index in [4.69, 9.17) is 9.47 Å². The number of carbonyl (C=O) groups excluding carboxylic acids is 2. The van der Waals surface area contributed by atoms with Gasteiger partial charge in [-0.1, -0.05) is 30.3 Å². The Morgan fingerprint density at radius 3 is 2.50 bits per heavy atom. The van der Waals surface area contributed by atoms with Gasteiger partial charge in [0.1, 0.15) is 6.04 Å². The van der Waals surface area contributed by atoms with Gasteiger partial charge in [-0.15, -0.1) is 0 Å². The van der Waals surface area contributed by atoms with Gasteiger partial charge in [0.15, 0.2) is 0 Å². The zero-order valence-corrected chi connectivity index (χ0v) is 12.7. The molecule has 1 N–H and O–H groups in total. The summed E-state index contributed by atoms with van der Waals surface area (Å²) in [6, 6.07) is 12.5. The highest BCUT2D eigenvalue weighted by atomic mass is 16.5. The molecule has 116 valence electrons. The highest BCUT2D eigenvalue weighted by Gasteiger charge is 2.21. The average Bonchev–Trinajstić information content (AvgIpc) is 2.57. The zero-order chi connectivity index (χ0) is 15.9. The molecule has 2 aromatic carbocycles. The third-order valence-electron chi connectivity index (χ3n) is 3.41. The number of esters is 1. The van der Waals surface area contributed by atoms with Crippen LogP contribution < -0.4 is 5.32 Å². The van der Waals surface area contributed by atoms with Gasteiger partial charge in [0.25, 0.3) is 5.91 Å². The molecule has 0 aromatic heterocycles. The van der Waals surface area contributed by atoms with Crippen molar-refractivity contribution in [3.05, 3.63) is 48.0 Å². The van der Waals surface area contributed by atoms with Crippen LogP contribution in [0, 0.1) is 0 Å². The fourth-order valence-corrected chi connectivity index (χ4v) is 2.20. The summed E-state index contributed by atoms with van der Waals surface area (Å²) in [5, 5.41) is 4.72. The van der Waals surface area contributed by atoms with Crippen LogP contribution in [0.1, 0.15) is 16.8 Å². The zero-order valence-electron chi connectivity index (χ0n) is 12.7. The molecule has 0 saturated heterocycles. The van der Waals surface area contributed by atoms with Crippen molar-refractivity contribution in [2.75, 3.05) is 20.8 Å². The van der Waals surface area contributed by atoms with Crippen LogP contribution in [0.15, 0.2) is 42.5 Å². The van der Waals surface area contributed by atoms with E-state index < -0.39 is 12.0 Å². The van der Waals surface area contributed by atoms with E-state index in [1.807, 2.05) is 30.3 Å². The lowest BCUT2D eigenvalue weighted by molar-refractivity contribution is -0.143. The first-order chi connectivity index (χ1) is 10.7. The SMILES string of the molecule is COCC[C@H](NC(=O)c1ccc2ccccc2c1)C(=O)OC. The van der Waals surface area contributed by atoms with Gasteiger partial charge in [-0.2, -0.15) is 0 Å². The number of ether oxygens (including phenoxy) is 2. The summed E-state index contributed by atoms with van der Waals surface area (Å²) >= 11 is 0. The highest BCUT2D eigenvalue weighted by molar-refractivity contribution is 6.00. The first kappa shape index (κ1) is 16.0. The fraction of sp³-hybridized carbons (Fsp3) is 0.294. The molecule has 22 heavy (non-hydrogen) atoms. The standard InChI is InChI=1S/C17H19NO4/c1-21-10-9-15(17(20)22-2)18-16(19)14-8-7-12-5-3-4-6-13(12)11-14/h3-8,11,15H,9-10H2,1-2H3,(H,18,19)/t15-/m0/s1. The van der Waals surface area contributed by atoms with Gasteiger partial charge in [-0.05, 0) is 22.9 Å². The number of benzene rings is 2. The first-order valence-corrected chi connectivity index (χ1v) is 7.02. The third kappa shape index (κ3) is 3.83. The summed E-state index contributed by atoms with van der Waals surface area (Å²) in [6.45, 7) is 0.359. The van der Waals surface area contributed by atoms with E-state index in [0.29, 0.717) is 18.6 Å². The van der Waals surface area contributed by atoms with Gasteiger partial charge in [-0.25, -0.2) is 4.79 Å². The molecule has 1 amide bonds. The molecule has 5 nitrogen and oxygen atoms in total. The summed E-state index contributed by atoms with van der Waals surface area (Å²) in [5.41, 5.74) is 0.505. The fourth-order valence-electron chi connectivity index (χ4n) is 2.20. The van der Waals surface area contributed by atoms with Crippen LogP contribution in [0.2, 0.25) is 0 Å². The molecule has 2 aromatic rings. The second-order valence-corrected chi connectivity index (χ2v) is 4.89. The minimum Gasteiger partial charge on any atom is -0.467 e. The van der Waals surface area contributed by atoms with Gasteiger partial charge in [0, 0.05) is 25.7 Å². The number of hydrogen-bond donors (Lipinski definition) is 1. The summed E-state index contributed by atoms with van der Waals surface area (Å²) in [6.07, 6.45) is 0.364. The van der Waals surface area contributed by atoms with Crippen LogP contribution >= 0.6 is 0 Å². The van der Waals surface area contributed by atoms with E-state index in [2.05, 4.69) is 5.32 Å². The Morgan fingerprint density at radius 2 is 1.82 bits per heavy atom. The lowest BCUT2D eigenvalue weighted by Gasteiger charge is -2.16. The van der Waals surface area contributed by atoms with Crippen molar-refractivity contribution in [1.82, 2.24) is 5.32 Å². The van der Waals surface area contributed by atoms with Crippen LogP contribution in [0.5, 0.6) is 0 Å². The normalized spacial score (nSPS) is 11.9. The van der Waals surface area contributed by atoms with Crippen molar-refractivity contribution in [2.24, 2.45) is 0 Å². The van der Waals surface area contributed by atoms with E-state index in [1.54, 1.807) is 19.2 Å². The van der Waals surface area contributed by atoms with E-state index in [9.17, 15) is 9.59 Å². The molecule has 0 radical (unpaired) electrons. The Hall–Kier alpha value is -2.40. The Balaban J connectivity index is 2.15. The predicted octanol–water partition coefficient (Wildman–Crippen LogP) is 2.15. The molecule has 5 heteroatoms. The summed E-state index contributed by atoms with van der Waals surface area (Å²) < 4.78 is 9.66. The molecular weight excluding hydrogens is 282 g/mol. The molecular formula is C17H19NO4. The molecule has 1 atom stereocenters. The number of amides is 1. The minimum absolute atomic E-state index is 0.308. The van der Waals surface area contributed by atoms with E-state index in [-0.39, 0.29) is 5.91 Å². The number of rotatable bonds is 6. The average molecular weight is 301 g/mol. The van der Waals surface area contributed by atoms with Crippen molar-refractivity contribution in [1.29, 1.82) is 0 Å². The van der Waals surface area contributed by atoms with Gasteiger partial charge in [-0.3, -0.25) is 4.79 Å². The third-order valence-corrected chi connectivity index (χ3v) is 3.41. The Morgan fingerprint density at radius 1 is 1.09 bits per heavy atom. The predicted molar refractivity (Wildman–Crippen MR) is 83.7 cm³/mol. The van der Waals surface area contributed by atoms with Gasteiger partial charge >= 0.3 is 5.97 Å². The molecule has 2 rings (SSSR count). The highest BCUT2D eigenvalue weighted by Crippen LogP contribution is 2.15. The Labute approximate surface area is 129 Å². The number of carbonyl (C=O) groups is 2. The monoisotopic (exact) mass is 301 g/mol. The van der Waals surface area contributed by atoms with Crippen LogP contribution in [-0.2, 0) is 14.3 Å². The van der Waals surface area contributed by atoms with Crippen LogP contribution in [0.25, 0.3) is 10.8 Å². The molecule has 0 saturated carbocycles. The molecule has 0 aliphatic heterocycles. The second-order valence-electron chi connectivity index (χ2n) is 4.89. The number of methoxy groups -OCH3 is 2. The molecule has 0 fully saturated rings. The Bertz CT molecular complexity index is 669. The topological polar surface area (TPSA) is 64.6 Å². The molecule has 0 spiro atoms. The van der Waals surface area contributed by atoms with E-state index in [1.165, 1.54) is 7.11 Å². The molecule has 0 aliphatic carbocycles. The Kier molecular flexibility index (Phi) is 5.49. The largest absolute Gasteiger partial charge is 0.467 e. The lowest BCUT2D eigenvalue weighted by Crippen LogP contribution is -2.42. The first-order valence-electron chi connectivity index (χ1n) is 7.02. The minimum atomic E-state index is -0.719. The summed E-state index contributed by atoms with van der Waals surface area (Å²) in [4.78, 5) is 24.0. The number of fused-ring (bicyclic) bond motifs is 1. The molecule has 0 heterocycles. The van der Waals surface area contributed by atoms with Gasteiger partial charge in [0.05, 0.1) is 7.11 Å². The smallest absolute Gasteiger partial charge is 0.328 e.